The number of nitrogens with one attached hydrogen (secondary N) is 2. The van der Waals surface area contributed by atoms with E-state index >= 15 is 0 Å². The molecule has 2 N–H and O–H groups in total. The van der Waals surface area contributed by atoms with E-state index in [1.165, 1.54) is 12.1 Å². The van der Waals surface area contributed by atoms with Gasteiger partial charge in [0.25, 0.3) is 0 Å². The number of benzene rings is 2. The molecule has 2 aromatic heterocycles. The zero-order valence-corrected chi connectivity index (χ0v) is 20.9. The standard InChI is InChI=1S/C26H26F3N7O3/c27-26(28,29)39-22-12-18(3-5-30)11-19(13-22)16-31-6-1-2-8-37-9-10-38-24-15-21(20-4-7-32-33-17-20)14-23-25(24)35-36-34-23/h4,7,11-15,17,31H,1-3,6,8-10,16H2,(H,34,35,36). The highest BCUT2D eigenvalue weighted by atomic mass is 19.4. The van der Waals surface area contributed by atoms with E-state index in [-0.39, 0.29) is 12.2 Å². The Kier molecular flexibility index (Phi) is 9.60. The number of nitriles is 1. The molecule has 0 aliphatic carbocycles. The molecule has 0 bridgehead atoms. The number of rotatable bonds is 14. The maximum Gasteiger partial charge on any atom is 0.573 e. The largest absolute Gasteiger partial charge is 0.573 e. The first-order valence-corrected chi connectivity index (χ1v) is 12.2. The monoisotopic (exact) mass is 541 g/mol. The Morgan fingerprint density at radius 1 is 0.974 bits per heavy atom. The molecule has 2 aromatic carbocycles. The van der Waals surface area contributed by atoms with Gasteiger partial charge in [-0.05, 0) is 66.4 Å². The molecule has 39 heavy (non-hydrogen) atoms. The van der Waals surface area contributed by atoms with Crippen LogP contribution in [0.5, 0.6) is 11.5 Å². The van der Waals surface area contributed by atoms with Crippen LogP contribution in [-0.2, 0) is 17.7 Å². The average Bonchev–Trinajstić information content (AvgIpc) is 3.38. The number of hydrogen-bond donors (Lipinski definition) is 2. The van der Waals surface area contributed by atoms with Crippen LogP contribution < -0.4 is 14.8 Å². The van der Waals surface area contributed by atoms with E-state index in [0.717, 1.165) is 29.5 Å². The summed E-state index contributed by atoms with van der Waals surface area (Å²) in [6.07, 6.45) is 0.101. The van der Waals surface area contributed by atoms with Crippen LogP contribution in [0.2, 0.25) is 0 Å². The van der Waals surface area contributed by atoms with E-state index in [2.05, 4.69) is 35.7 Å². The minimum Gasteiger partial charge on any atom is -0.489 e. The molecule has 0 aliphatic rings. The summed E-state index contributed by atoms with van der Waals surface area (Å²) < 4.78 is 53.3. The maximum atomic E-state index is 12.6. The third-order valence-corrected chi connectivity index (χ3v) is 5.56. The van der Waals surface area contributed by atoms with Gasteiger partial charge in [0.05, 0.1) is 37.0 Å². The fourth-order valence-corrected chi connectivity index (χ4v) is 3.88. The van der Waals surface area contributed by atoms with Gasteiger partial charge in [0.1, 0.15) is 18.1 Å². The number of aromatic nitrogens is 5. The first-order chi connectivity index (χ1) is 18.9. The summed E-state index contributed by atoms with van der Waals surface area (Å²) in [5.41, 5.74) is 4.24. The molecule has 0 amide bonds. The number of hydrogen-bond acceptors (Lipinski definition) is 9. The molecule has 0 saturated carbocycles. The zero-order chi connectivity index (χ0) is 27.5. The van der Waals surface area contributed by atoms with Crippen LogP contribution in [0.25, 0.3) is 22.2 Å². The lowest BCUT2D eigenvalue weighted by molar-refractivity contribution is -0.274. The molecule has 0 saturated heterocycles. The Labute approximate surface area is 222 Å². The van der Waals surface area contributed by atoms with E-state index in [1.54, 1.807) is 18.5 Å². The second-order valence-electron chi connectivity index (χ2n) is 8.53. The topological polar surface area (TPSA) is 131 Å². The molecule has 0 fully saturated rings. The van der Waals surface area contributed by atoms with Crippen molar-refractivity contribution >= 4 is 11.0 Å². The highest BCUT2D eigenvalue weighted by Gasteiger charge is 2.31. The van der Waals surface area contributed by atoms with Gasteiger partial charge < -0.3 is 19.5 Å². The molecule has 4 aromatic rings. The molecule has 4 rings (SSSR count). The minimum absolute atomic E-state index is 0.000230. The molecule has 0 atom stereocenters. The van der Waals surface area contributed by atoms with Crippen LogP contribution in [0.3, 0.4) is 0 Å². The molecule has 0 radical (unpaired) electrons. The van der Waals surface area contributed by atoms with Crippen molar-refractivity contribution < 1.29 is 27.4 Å². The summed E-state index contributed by atoms with van der Waals surface area (Å²) in [4.78, 5) is 0. The van der Waals surface area contributed by atoms with Gasteiger partial charge in [0.2, 0.25) is 0 Å². The van der Waals surface area contributed by atoms with E-state index in [1.807, 2.05) is 24.3 Å². The number of unbranched alkanes of at least 4 members (excludes halogenated alkanes) is 1. The van der Waals surface area contributed by atoms with Crippen LogP contribution in [0.4, 0.5) is 13.2 Å². The number of halogens is 3. The highest BCUT2D eigenvalue weighted by molar-refractivity contribution is 5.86. The van der Waals surface area contributed by atoms with Crippen LogP contribution in [0, 0.1) is 11.3 Å². The van der Waals surface area contributed by atoms with Gasteiger partial charge in [-0.2, -0.15) is 15.5 Å². The van der Waals surface area contributed by atoms with E-state index in [4.69, 9.17) is 14.7 Å². The SMILES string of the molecule is N#CCc1cc(CNCCCCOCCOc2cc(-c3ccnnc3)cc3[nH]nnc23)cc(OC(F)(F)F)c1. The van der Waals surface area contributed by atoms with Crippen LogP contribution in [0.15, 0.2) is 48.8 Å². The lowest BCUT2D eigenvalue weighted by Gasteiger charge is -2.12. The van der Waals surface area contributed by atoms with Crippen molar-refractivity contribution in [2.45, 2.75) is 32.2 Å². The van der Waals surface area contributed by atoms with Crippen molar-refractivity contribution in [1.82, 2.24) is 30.9 Å². The van der Waals surface area contributed by atoms with Crippen molar-refractivity contribution in [2.75, 3.05) is 26.4 Å². The third-order valence-electron chi connectivity index (χ3n) is 5.56. The first kappa shape index (κ1) is 27.7. The Morgan fingerprint density at radius 3 is 2.64 bits per heavy atom. The van der Waals surface area contributed by atoms with Crippen LogP contribution in [0.1, 0.15) is 24.0 Å². The van der Waals surface area contributed by atoms with Crippen molar-refractivity contribution in [1.29, 1.82) is 5.26 Å². The Balaban J connectivity index is 1.15. The van der Waals surface area contributed by atoms with E-state index in [0.29, 0.717) is 55.3 Å². The lowest BCUT2D eigenvalue weighted by atomic mass is 10.1. The van der Waals surface area contributed by atoms with Crippen LogP contribution in [-0.4, -0.2) is 58.3 Å². The highest BCUT2D eigenvalue weighted by Crippen LogP contribution is 2.30. The molecule has 13 heteroatoms. The zero-order valence-electron chi connectivity index (χ0n) is 20.9. The number of alkyl halides is 3. The van der Waals surface area contributed by atoms with Gasteiger partial charge in [-0.25, -0.2) is 0 Å². The molecule has 0 spiro atoms. The summed E-state index contributed by atoms with van der Waals surface area (Å²) in [5.74, 6) is 0.261. The maximum absolute atomic E-state index is 12.6. The van der Waals surface area contributed by atoms with Gasteiger partial charge >= 0.3 is 6.36 Å². The summed E-state index contributed by atoms with van der Waals surface area (Å²) >= 11 is 0. The second-order valence-corrected chi connectivity index (χ2v) is 8.53. The van der Waals surface area contributed by atoms with Crippen molar-refractivity contribution in [3.63, 3.8) is 0 Å². The molecule has 0 aliphatic heterocycles. The van der Waals surface area contributed by atoms with Gasteiger partial charge in [0.15, 0.2) is 5.52 Å². The van der Waals surface area contributed by atoms with Crippen LogP contribution >= 0.6 is 0 Å². The summed E-state index contributed by atoms with van der Waals surface area (Å²) in [6.45, 7) is 2.27. The van der Waals surface area contributed by atoms with Crippen molar-refractivity contribution in [2.24, 2.45) is 0 Å². The smallest absolute Gasteiger partial charge is 0.489 e. The minimum atomic E-state index is -4.79. The predicted molar refractivity (Wildman–Crippen MR) is 135 cm³/mol. The number of H-pyrrole nitrogens is 1. The molecular formula is C26H26F3N7O3. The van der Waals surface area contributed by atoms with Gasteiger partial charge in [0, 0.05) is 18.7 Å². The number of aromatic amines is 1. The molecule has 0 unspecified atom stereocenters. The van der Waals surface area contributed by atoms with Crippen molar-refractivity contribution in [3.8, 4) is 28.7 Å². The van der Waals surface area contributed by atoms with E-state index in [9.17, 15) is 13.2 Å². The Morgan fingerprint density at radius 2 is 1.85 bits per heavy atom. The van der Waals surface area contributed by atoms with Gasteiger partial charge in [-0.15, -0.1) is 18.3 Å². The fourth-order valence-electron chi connectivity index (χ4n) is 3.88. The predicted octanol–water partition coefficient (Wildman–Crippen LogP) is 4.34. The molecule has 10 nitrogen and oxygen atoms in total. The lowest BCUT2D eigenvalue weighted by Crippen LogP contribution is -2.18. The van der Waals surface area contributed by atoms with Gasteiger partial charge in [-0.1, -0.05) is 11.3 Å². The van der Waals surface area contributed by atoms with Gasteiger partial charge in [-0.3, -0.25) is 5.10 Å². The Bertz CT molecular complexity index is 1390. The summed E-state index contributed by atoms with van der Waals surface area (Å²) in [7, 11) is 0. The first-order valence-electron chi connectivity index (χ1n) is 12.2. The third kappa shape index (κ3) is 8.62. The fraction of sp³-hybridized carbons (Fsp3) is 0.346. The number of ether oxygens (including phenoxy) is 3. The van der Waals surface area contributed by atoms with Crippen molar-refractivity contribution in [3.05, 3.63) is 59.9 Å². The number of nitrogens with zero attached hydrogens (tertiary/aromatic N) is 5. The quantitative estimate of drug-likeness (QED) is 0.224. The Hall–Kier alpha value is -4.28. The molecular weight excluding hydrogens is 515 g/mol. The normalized spacial score (nSPS) is 11.4. The average molecular weight is 542 g/mol. The molecule has 2 heterocycles. The summed E-state index contributed by atoms with van der Waals surface area (Å²) in [5, 5.41) is 30.6. The summed E-state index contributed by atoms with van der Waals surface area (Å²) in [6, 6.07) is 11.8. The van der Waals surface area contributed by atoms with E-state index < -0.39 is 6.36 Å². The number of fused-ring (bicyclic) bond motifs is 1. The second kappa shape index (κ2) is 13.5. The molecule has 204 valence electrons.